The maximum atomic E-state index is 12.5. The van der Waals surface area contributed by atoms with E-state index in [1.165, 1.54) is 18.0 Å². The molecule has 0 radical (unpaired) electrons. The number of carbonyl (C=O) groups is 1. The van der Waals surface area contributed by atoms with Crippen LogP contribution in [0.4, 0.5) is 0 Å². The Morgan fingerprint density at radius 1 is 1.29 bits per heavy atom. The number of amides is 1. The lowest BCUT2D eigenvalue weighted by atomic mass is 9.74. The molecule has 1 amide bonds. The van der Waals surface area contributed by atoms with E-state index in [4.69, 9.17) is 4.74 Å². The molecule has 0 spiro atoms. The normalized spacial score (nSPS) is 22.9. The van der Waals surface area contributed by atoms with Gasteiger partial charge in [0, 0.05) is 6.42 Å². The minimum atomic E-state index is -0.269. The van der Waals surface area contributed by atoms with Gasteiger partial charge in [0.25, 0.3) is 5.91 Å². The lowest BCUT2D eigenvalue weighted by Gasteiger charge is -2.38. The van der Waals surface area contributed by atoms with E-state index >= 15 is 0 Å². The first-order valence-corrected chi connectivity index (χ1v) is 8.22. The molecule has 1 aromatic carbocycles. The number of carbonyl (C=O) groups excluding carboxylic acids is 1. The van der Waals surface area contributed by atoms with E-state index in [1.807, 2.05) is 12.1 Å². The second-order valence-corrected chi connectivity index (χ2v) is 6.43. The first-order chi connectivity index (χ1) is 11.7. The molecular formula is C18H19N3O3. The van der Waals surface area contributed by atoms with Crippen molar-refractivity contribution >= 4 is 5.91 Å². The number of ether oxygens (including phenoxy) is 1. The zero-order chi connectivity index (χ0) is 16.5. The van der Waals surface area contributed by atoms with Crippen molar-refractivity contribution in [3.63, 3.8) is 0 Å². The van der Waals surface area contributed by atoms with Gasteiger partial charge in [-0.2, -0.15) is 10.2 Å². The maximum absolute atomic E-state index is 12.5. The molecule has 1 atom stereocenters. The molecule has 0 bridgehead atoms. The Morgan fingerprint density at radius 3 is 2.92 bits per heavy atom. The van der Waals surface area contributed by atoms with E-state index < -0.39 is 0 Å². The highest BCUT2D eigenvalue weighted by Crippen LogP contribution is 2.39. The van der Waals surface area contributed by atoms with Crippen LogP contribution < -0.4 is 10.1 Å². The number of aromatic nitrogens is 2. The predicted octanol–water partition coefficient (Wildman–Crippen LogP) is 1.65. The van der Waals surface area contributed by atoms with Gasteiger partial charge in [-0.05, 0) is 48.1 Å². The number of nitrogens with zero attached hydrogens (tertiary/aromatic N) is 2. The smallest absolute Gasteiger partial charge is 0.253 e. The Morgan fingerprint density at radius 2 is 2.17 bits per heavy atom. The molecule has 1 fully saturated rings. The summed E-state index contributed by atoms with van der Waals surface area (Å²) in [7, 11) is 0. The molecule has 0 unspecified atom stereocenters. The van der Waals surface area contributed by atoms with Crippen LogP contribution in [-0.2, 0) is 6.42 Å². The van der Waals surface area contributed by atoms with Crippen molar-refractivity contribution in [2.75, 3.05) is 6.61 Å². The highest BCUT2D eigenvalue weighted by atomic mass is 16.5. The molecule has 4 rings (SSSR count). The number of hydrogen-bond acceptors (Lipinski definition) is 5. The molecule has 0 saturated heterocycles. The van der Waals surface area contributed by atoms with Gasteiger partial charge in [0.1, 0.15) is 5.75 Å². The Bertz CT molecular complexity index is 744. The van der Waals surface area contributed by atoms with Crippen molar-refractivity contribution in [2.45, 2.75) is 31.4 Å². The van der Waals surface area contributed by atoms with Crippen molar-refractivity contribution in [3.8, 4) is 5.75 Å². The summed E-state index contributed by atoms with van der Waals surface area (Å²) < 4.78 is 5.56. The minimum absolute atomic E-state index is 0.125. The summed E-state index contributed by atoms with van der Waals surface area (Å²) in [4.78, 5) is 12.5. The van der Waals surface area contributed by atoms with Gasteiger partial charge in [0.05, 0.1) is 36.7 Å². The van der Waals surface area contributed by atoms with Crippen molar-refractivity contribution in [2.24, 2.45) is 5.92 Å². The zero-order valence-electron chi connectivity index (χ0n) is 13.2. The summed E-state index contributed by atoms with van der Waals surface area (Å²) in [5, 5.41) is 20.2. The molecule has 1 aliphatic heterocycles. The number of hydrogen-bond donors (Lipinski definition) is 2. The van der Waals surface area contributed by atoms with Gasteiger partial charge in [-0.25, -0.2) is 0 Å². The third-order valence-electron chi connectivity index (χ3n) is 4.83. The van der Waals surface area contributed by atoms with E-state index in [9.17, 15) is 9.90 Å². The molecule has 2 aliphatic rings. The molecule has 2 N–H and O–H groups in total. The van der Waals surface area contributed by atoms with Crippen molar-refractivity contribution in [3.05, 3.63) is 53.3 Å². The van der Waals surface area contributed by atoms with Gasteiger partial charge in [0.2, 0.25) is 0 Å². The van der Waals surface area contributed by atoms with Gasteiger partial charge < -0.3 is 15.2 Å². The lowest BCUT2D eigenvalue weighted by molar-refractivity contribution is 0.0235. The second-order valence-electron chi connectivity index (χ2n) is 6.43. The summed E-state index contributed by atoms with van der Waals surface area (Å²) in [5.41, 5.74) is 2.73. The van der Waals surface area contributed by atoms with Gasteiger partial charge in [-0.3, -0.25) is 4.79 Å². The summed E-state index contributed by atoms with van der Waals surface area (Å²) in [6, 6.07) is 7.61. The number of aliphatic hydroxyl groups is 1. The van der Waals surface area contributed by atoms with E-state index in [1.54, 1.807) is 6.07 Å². The maximum Gasteiger partial charge on any atom is 0.253 e. The van der Waals surface area contributed by atoms with Crippen LogP contribution in [0.1, 0.15) is 40.4 Å². The topological polar surface area (TPSA) is 84.3 Å². The first-order valence-electron chi connectivity index (χ1n) is 8.22. The summed E-state index contributed by atoms with van der Waals surface area (Å²) in [6.07, 6.45) is 4.99. The molecule has 1 aromatic heterocycles. The van der Waals surface area contributed by atoms with Crippen molar-refractivity contribution in [1.82, 2.24) is 15.5 Å². The highest BCUT2D eigenvalue weighted by Gasteiger charge is 2.36. The predicted molar refractivity (Wildman–Crippen MR) is 86.6 cm³/mol. The van der Waals surface area contributed by atoms with Crippen LogP contribution in [0.3, 0.4) is 0 Å². The minimum Gasteiger partial charge on any atom is -0.493 e. The van der Waals surface area contributed by atoms with Gasteiger partial charge in [-0.1, -0.05) is 6.07 Å². The van der Waals surface area contributed by atoms with Crippen molar-refractivity contribution in [1.29, 1.82) is 0 Å². The first kappa shape index (κ1) is 15.1. The third kappa shape index (κ3) is 2.85. The Labute approximate surface area is 139 Å². The largest absolute Gasteiger partial charge is 0.493 e. The zero-order valence-corrected chi connectivity index (χ0v) is 13.2. The fourth-order valence-corrected chi connectivity index (χ4v) is 3.42. The van der Waals surface area contributed by atoms with Crippen LogP contribution >= 0.6 is 0 Å². The quantitative estimate of drug-likeness (QED) is 0.893. The highest BCUT2D eigenvalue weighted by molar-refractivity contribution is 5.94. The average Bonchev–Trinajstić information content (AvgIpc) is 3.05. The molecule has 1 saturated carbocycles. The number of benzene rings is 1. The number of aliphatic hydroxyl groups excluding tert-OH is 1. The molecule has 6 nitrogen and oxygen atoms in total. The Balaban J connectivity index is 1.59. The van der Waals surface area contributed by atoms with Crippen LogP contribution in [-0.4, -0.2) is 33.9 Å². The number of fused-ring (bicyclic) bond motifs is 1. The lowest BCUT2D eigenvalue weighted by Crippen LogP contribution is -2.41. The van der Waals surface area contributed by atoms with E-state index in [-0.39, 0.29) is 24.0 Å². The summed E-state index contributed by atoms with van der Waals surface area (Å²) >= 11 is 0. The van der Waals surface area contributed by atoms with Crippen LogP contribution in [0.5, 0.6) is 5.75 Å². The molecule has 124 valence electrons. The van der Waals surface area contributed by atoms with E-state index in [2.05, 4.69) is 21.6 Å². The fraction of sp³-hybridized carbons (Fsp3) is 0.389. The van der Waals surface area contributed by atoms with E-state index in [0.29, 0.717) is 25.0 Å². The van der Waals surface area contributed by atoms with Gasteiger partial charge >= 0.3 is 0 Å². The van der Waals surface area contributed by atoms with Crippen molar-refractivity contribution < 1.29 is 14.6 Å². The molecule has 24 heavy (non-hydrogen) atoms. The molecule has 6 heteroatoms. The monoisotopic (exact) mass is 325 g/mol. The Kier molecular flexibility index (Phi) is 3.90. The molecular weight excluding hydrogens is 306 g/mol. The fourth-order valence-electron chi connectivity index (χ4n) is 3.42. The van der Waals surface area contributed by atoms with Crippen LogP contribution in [0.25, 0.3) is 0 Å². The molecule has 2 heterocycles. The second kappa shape index (κ2) is 6.20. The van der Waals surface area contributed by atoms with E-state index in [0.717, 1.165) is 17.7 Å². The van der Waals surface area contributed by atoms with Gasteiger partial charge in [0.15, 0.2) is 0 Å². The van der Waals surface area contributed by atoms with Crippen LogP contribution in [0, 0.1) is 5.92 Å². The van der Waals surface area contributed by atoms with Crippen LogP contribution in [0.15, 0.2) is 36.7 Å². The average molecular weight is 325 g/mol. The van der Waals surface area contributed by atoms with Gasteiger partial charge in [-0.15, -0.1) is 0 Å². The summed E-state index contributed by atoms with van der Waals surface area (Å²) in [5.74, 6) is 0.989. The molecule has 1 aliphatic carbocycles. The Hall–Kier alpha value is -2.47. The SMILES string of the molecule is O=C(N[C@@H](c1ccc2c(c1)CCO2)C1CC(O)C1)c1ccnnc1. The number of nitrogens with one attached hydrogen (secondary N) is 1. The summed E-state index contributed by atoms with van der Waals surface area (Å²) in [6.45, 7) is 0.709. The molecule has 2 aromatic rings. The van der Waals surface area contributed by atoms with Crippen LogP contribution in [0.2, 0.25) is 0 Å². The third-order valence-corrected chi connectivity index (χ3v) is 4.83. The number of rotatable bonds is 4. The standard InChI is InChI=1S/C18H19N3O3/c22-15-8-14(9-15)17(21-18(23)13-3-5-19-20-10-13)12-1-2-16-11(7-12)4-6-24-16/h1-3,5,7,10,14-15,17,22H,4,6,8-9H2,(H,21,23)/t14?,15?,17-/m0/s1.